The SMILES string of the molecule is CCN(CC)CCNCc1cc(Br)c(OCC(N)=O)c(OC)c1.Cl.Cl. The number of hydrogen-bond acceptors (Lipinski definition) is 5. The van der Waals surface area contributed by atoms with Gasteiger partial charge < -0.3 is 25.4 Å². The van der Waals surface area contributed by atoms with Crippen LogP contribution in [-0.4, -0.2) is 50.7 Å². The molecule has 25 heavy (non-hydrogen) atoms. The third-order valence-electron chi connectivity index (χ3n) is 3.48. The molecule has 6 nitrogen and oxygen atoms in total. The molecular weight excluding hydrogens is 433 g/mol. The van der Waals surface area contributed by atoms with Gasteiger partial charge in [0.05, 0.1) is 11.6 Å². The van der Waals surface area contributed by atoms with E-state index in [1.165, 1.54) is 0 Å². The van der Waals surface area contributed by atoms with Crippen LogP contribution in [0.3, 0.4) is 0 Å². The van der Waals surface area contributed by atoms with Gasteiger partial charge in [-0.05, 0) is 46.7 Å². The number of nitrogens with two attached hydrogens (primary N) is 1. The quantitative estimate of drug-likeness (QED) is 0.496. The minimum atomic E-state index is -0.527. The first-order chi connectivity index (χ1) is 11.0. The van der Waals surface area contributed by atoms with Crippen molar-refractivity contribution in [2.75, 3.05) is 39.9 Å². The zero-order valence-electron chi connectivity index (χ0n) is 14.8. The van der Waals surface area contributed by atoms with Crippen molar-refractivity contribution < 1.29 is 14.3 Å². The van der Waals surface area contributed by atoms with Gasteiger partial charge in [-0.15, -0.1) is 24.8 Å². The van der Waals surface area contributed by atoms with Crippen molar-refractivity contribution in [3.63, 3.8) is 0 Å². The van der Waals surface area contributed by atoms with Crippen molar-refractivity contribution >= 4 is 46.7 Å². The molecule has 0 spiro atoms. The highest BCUT2D eigenvalue weighted by molar-refractivity contribution is 9.10. The Bertz CT molecular complexity index is 518. The Hall–Kier alpha value is -0.730. The first kappa shape index (κ1) is 26.5. The largest absolute Gasteiger partial charge is 0.493 e. The van der Waals surface area contributed by atoms with Crippen molar-refractivity contribution in [2.24, 2.45) is 5.73 Å². The van der Waals surface area contributed by atoms with Crippen molar-refractivity contribution in [3.8, 4) is 11.5 Å². The van der Waals surface area contributed by atoms with Crippen LogP contribution in [0.5, 0.6) is 11.5 Å². The topological polar surface area (TPSA) is 76.8 Å². The molecule has 0 unspecified atom stereocenters. The molecule has 0 saturated heterocycles. The second-order valence-corrected chi connectivity index (χ2v) is 5.92. The lowest BCUT2D eigenvalue weighted by atomic mass is 10.2. The molecule has 0 aromatic heterocycles. The zero-order chi connectivity index (χ0) is 17.2. The van der Waals surface area contributed by atoms with Crippen molar-refractivity contribution in [1.82, 2.24) is 10.2 Å². The summed E-state index contributed by atoms with van der Waals surface area (Å²) < 4.78 is 11.5. The molecule has 0 aliphatic carbocycles. The monoisotopic (exact) mass is 459 g/mol. The van der Waals surface area contributed by atoms with Gasteiger partial charge in [-0.1, -0.05) is 13.8 Å². The summed E-state index contributed by atoms with van der Waals surface area (Å²) in [4.78, 5) is 13.2. The first-order valence-electron chi connectivity index (χ1n) is 7.72. The van der Waals surface area contributed by atoms with E-state index in [1.807, 2.05) is 12.1 Å². The first-order valence-corrected chi connectivity index (χ1v) is 8.51. The number of nitrogens with one attached hydrogen (secondary N) is 1. The van der Waals surface area contributed by atoms with Crippen molar-refractivity contribution in [3.05, 3.63) is 22.2 Å². The number of primary amides is 1. The van der Waals surface area contributed by atoms with E-state index in [0.29, 0.717) is 11.5 Å². The van der Waals surface area contributed by atoms with E-state index in [-0.39, 0.29) is 31.4 Å². The van der Waals surface area contributed by atoms with Crippen LogP contribution in [-0.2, 0) is 11.3 Å². The second-order valence-electron chi connectivity index (χ2n) is 5.07. The Morgan fingerprint density at radius 3 is 2.44 bits per heavy atom. The van der Waals surface area contributed by atoms with Gasteiger partial charge in [-0.2, -0.15) is 0 Å². The van der Waals surface area contributed by atoms with Gasteiger partial charge >= 0.3 is 0 Å². The Morgan fingerprint density at radius 2 is 1.92 bits per heavy atom. The lowest BCUT2D eigenvalue weighted by Crippen LogP contribution is -2.31. The number of likely N-dealkylation sites (N-methyl/N-ethyl adjacent to an activating group) is 1. The maximum atomic E-state index is 10.9. The highest BCUT2D eigenvalue weighted by Gasteiger charge is 2.12. The number of nitrogens with zero attached hydrogens (tertiary/aromatic N) is 1. The third-order valence-corrected chi connectivity index (χ3v) is 4.07. The molecule has 1 amide bonds. The van der Waals surface area contributed by atoms with Gasteiger partial charge in [0, 0.05) is 19.6 Å². The molecule has 146 valence electrons. The number of halogens is 3. The van der Waals surface area contributed by atoms with Crippen LogP contribution in [0.25, 0.3) is 0 Å². The van der Waals surface area contributed by atoms with Crippen LogP contribution >= 0.6 is 40.7 Å². The summed E-state index contributed by atoms with van der Waals surface area (Å²) in [6.07, 6.45) is 0. The fourth-order valence-corrected chi connectivity index (χ4v) is 2.77. The van der Waals surface area contributed by atoms with E-state index in [0.717, 1.165) is 42.8 Å². The normalized spacial score (nSPS) is 9.96. The Morgan fingerprint density at radius 1 is 1.28 bits per heavy atom. The molecule has 9 heteroatoms. The van der Waals surface area contributed by atoms with E-state index < -0.39 is 5.91 Å². The van der Waals surface area contributed by atoms with E-state index in [4.69, 9.17) is 15.2 Å². The molecule has 1 aromatic carbocycles. The fraction of sp³-hybridized carbons (Fsp3) is 0.562. The van der Waals surface area contributed by atoms with E-state index in [9.17, 15) is 4.79 Å². The van der Waals surface area contributed by atoms with Crippen molar-refractivity contribution in [2.45, 2.75) is 20.4 Å². The molecule has 0 aliphatic rings. The standard InChI is InChI=1S/C16H26BrN3O3.2ClH/c1-4-20(5-2)7-6-19-10-12-8-13(17)16(14(9-12)22-3)23-11-15(18)21;;/h8-9,19H,4-7,10-11H2,1-3H3,(H2,18,21);2*1H. The summed E-state index contributed by atoms with van der Waals surface area (Å²) in [5, 5.41) is 3.42. The highest BCUT2D eigenvalue weighted by atomic mass is 79.9. The number of carbonyl (C=O) groups is 1. The fourth-order valence-electron chi connectivity index (χ4n) is 2.17. The van der Waals surface area contributed by atoms with Crippen LogP contribution in [0.2, 0.25) is 0 Å². The molecule has 1 aromatic rings. The van der Waals surface area contributed by atoms with Crippen LogP contribution in [0.1, 0.15) is 19.4 Å². The molecule has 0 saturated carbocycles. The molecule has 0 atom stereocenters. The molecule has 0 radical (unpaired) electrons. The van der Waals surface area contributed by atoms with Crippen molar-refractivity contribution in [1.29, 1.82) is 0 Å². The smallest absolute Gasteiger partial charge is 0.255 e. The Kier molecular flexibility index (Phi) is 15.3. The molecule has 0 bridgehead atoms. The number of methoxy groups -OCH3 is 1. The lowest BCUT2D eigenvalue weighted by molar-refractivity contribution is -0.119. The molecule has 0 heterocycles. The molecule has 3 N–H and O–H groups in total. The van der Waals surface area contributed by atoms with Crippen LogP contribution in [0.15, 0.2) is 16.6 Å². The van der Waals surface area contributed by atoms with Gasteiger partial charge in [-0.3, -0.25) is 4.79 Å². The molecule has 1 rings (SSSR count). The lowest BCUT2D eigenvalue weighted by Gasteiger charge is -2.18. The summed E-state index contributed by atoms with van der Waals surface area (Å²) in [5.74, 6) is 0.528. The predicted molar refractivity (Wildman–Crippen MR) is 109 cm³/mol. The van der Waals surface area contributed by atoms with E-state index in [1.54, 1.807) is 7.11 Å². The highest BCUT2D eigenvalue weighted by Crippen LogP contribution is 2.36. The van der Waals surface area contributed by atoms with Gasteiger partial charge in [-0.25, -0.2) is 0 Å². The maximum Gasteiger partial charge on any atom is 0.255 e. The Labute approximate surface area is 170 Å². The van der Waals surface area contributed by atoms with E-state index >= 15 is 0 Å². The van der Waals surface area contributed by atoms with Crippen LogP contribution in [0.4, 0.5) is 0 Å². The number of benzene rings is 1. The number of rotatable bonds is 11. The van der Waals surface area contributed by atoms with E-state index in [2.05, 4.69) is 40.0 Å². The minimum absolute atomic E-state index is 0. The number of carbonyl (C=O) groups excluding carboxylic acids is 1. The number of ether oxygens (including phenoxy) is 2. The predicted octanol–water partition coefficient (Wildman–Crippen LogP) is 2.60. The summed E-state index contributed by atoms with van der Waals surface area (Å²) >= 11 is 3.45. The minimum Gasteiger partial charge on any atom is -0.493 e. The molecular formula is C16H28BrCl2N3O3. The molecule has 0 fully saturated rings. The molecule has 0 aliphatic heterocycles. The average molecular weight is 461 g/mol. The number of amides is 1. The van der Waals surface area contributed by atoms with Gasteiger partial charge in [0.25, 0.3) is 5.91 Å². The van der Waals surface area contributed by atoms with Crippen LogP contribution < -0.4 is 20.5 Å². The summed E-state index contributed by atoms with van der Waals surface area (Å²) in [6.45, 7) is 8.93. The average Bonchev–Trinajstić information content (AvgIpc) is 2.53. The van der Waals surface area contributed by atoms with Gasteiger partial charge in [0.2, 0.25) is 0 Å². The summed E-state index contributed by atoms with van der Waals surface area (Å²) in [6, 6.07) is 3.84. The maximum absolute atomic E-state index is 10.9. The third kappa shape index (κ3) is 9.51. The van der Waals surface area contributed by atoms with Gasteiger partial charge in [0.15, 0.2) is 18.1 Å². The summed E-state index contributed by atoms with van der Waals surface area (Å²) in [5.41, 5.74) is 6.18. The van der Waals surface area contributed by atoms with Gasteiger partial charge in [0.1, 0.15) is 0 Å². The number of hydrogen-bond donors (Lipinski definition) is 2. The zero-order valence-corrected chi connectivity index (χ0v) is 18.1. The van der Waals surface area contributed by atoms with Crippen LogP contribution in [0, 0.1) is 0 Å². The second kappa shape index (κ2) is 14.4. The summed E-state index contributed by atoms with van der Waals surface area (Å²) in [7, 11) is 1.57. The Balaban J connectivity index is 0.